The molecule has 2 rings (SSSR count). The Morgan fingerprint density at radius 3 is 1.78 bits per heavy atom. The number of rotatable bonds is 18. The van der Waals surface area contributed by atoms with Gasteiger partial charge in [0.05, 0.1) is 12.6 Å². The fourth-order valence-corrected chi connectivity index (χ4v) is 5.03. The fraction of sp³-hybridized carbons (Fsp3) is 0.594. The average Bonchev–Trinajstić information content (AvgIpc) is 3.36. The first-order valence-electron chi connectivity index (χ1n) is 15.5. The number of hydrogen-bond acceptors (Lipinski definition) is 7. The monoisotopic (exact) mass is 630 g/mol. The Morgan fingerprint density at radius 1 is 0.711 bits per heavy atom. The number of carbonyl (C=O) groups is 5. The van der Waals surface area contributed by atoms with Crippen LogP contribution in [0.1, 0.15) is 66.4 Å². The van der Waals surface area contributed by atoms with Crippen molar-refractivity contribution in [1.82, 2.24) is 26.3 Å². The molecule has 0 aliphatic heterocycles. The SMILES string of the molecule is CC(C)C[C@H](NC(=O)[C@H](CC(C)C)NC(=O)[C@H](CO)NC(=O)[C@H](Cc1c[nH]c2ccccc12)NC(=O)[C@@H](N)CC(C)C)C(=O)O. The van der Waals surface area contributed by atoms with Gasteiger partial charge in [-0.25, -0.2) is 4.79 Å². The maximum Gasteiger partial charge on any atom is 0.326 e. The molecule has 13 nitrogen and oxygen atoms in total. The Hall–Kier alpha value is -3.97. The van der Waals surface area contributed by atoms with Gasteiger partial charge in [-0.1, -0.05) is 59.7 Å². The first kappa shape index (κ1) is 37.2. The Balaban J connectivity index is 2.25. The molecule has 0 aliphatic carbocycles. The second kappa shape index (κ2) is 17.5. The van der Waals surface area contributed by atoms with Crippen molar-refractivity contribution >= 4 is 40.5 Å². The third-order valence-electron chi connectivity index (χ3n) is 7.27. The van der Waals surface area contributed by atoms with E-state index in [1.165, 1.54) is 0 Å². The number of benzene rings is 1. The van der Waals surface area contributed by atoms with Gasteiger partial charge in [-0.2, -0.15) is 0 Å². The van der Waals surface area contributed by atoms with Crippen LogP contribution < -0.4 is 27.0 Å². The van der Waals surface area contributed by atoms with Gasteiger partial charge >= 0.3 is 5.97 Å². The summed E-state index contributed by atoms with van der Waals surface area (Å²) < 4.78 is 0. The second-order valence-corrected chi connectivity index (χ2v) is 12.8. The normalized spacial score (nSPS) is 14.9. The molecule has 0 unspecified atom stereocenters. The topological polar surface area (TPSA) is 216 Å². The van der Waals surface area contributed by atoms with E-state index in [1.54, 1.807) is 6.20 Å². The number of fused-ring (bicyclic) bond motifs is 1. The molecule has 1 heterocycles. The van der Waals surface area contributed by atoms with Crippen molar-refractivity contribution in [2.24, 2.45) is 23.5 Å². The third-order valence-corrected chi connectivity index (χ3v) is 7.27. The van der Waals surface area contributed by atoms with E-state index >= 15 is 0 Å². The average molecular weight is 631 g/mol. The van der Waals surface area contributed by atoms with Gasteiger partial charge in [-0.3, -0.25) is 19.2 Å². The van der Waals surface area contributed by atoms with Crippen molar-refractivity contribution in [2.45, 2.75) is 97.4 Å². The molecule has 0 radical (unpaired) electrons. The number of carboxylic acid groups (broad SMARTS) is 1. The molecule has 5 atom stereocenters. The number of nitrogens with two attached hydrogens (primary N) is 1. The zero-order valence-electron chi connectivity index (χ0n) is 27.1. The number of nitrogens with one attached hydrogen (secondary N) is 5. The minimum atomic E-state index is -1.46. The summed E-state index contributed by atoms with van der Waals surface area (Å²) in [4.78, 5) is 67.7. The van der Waals surface area contributed by atoms with Crippen LogP contribution in [0.4, 0.5) is 0 Å². The Labute approximate surface area is 264 Å². The van der Waals surface area contributed by atoms with Gasteiger partial charge in [0, 0.05) is 23.5 Å². The van der Waals surface area contributed by atoms with Crippen molar-refractivity contribution in [3.63, 3.8) is 0 Å². The number of hydrogen-bond donors (Lipinski definition) is 8. The van der Waals surface area contributed by atoms with Crippen LogP contribution in [-0.2, 0) is 30.4 Å². The number of H-pyrrole nitrogens is 1. The zero-order valence-corrected chi connectivity index (χ0v) is 27.1. The van der Waals surface area contributed by atoms with Crippen LogP contribution in [-0.4, -0.2) is 81.6 Å². The Morgan fingerprint density at radius 2 is 1.20 bits per heavy atom. The molecule has 1 aromatic heterocycles. The molecule has 0 bridgehead atoms. The van der Waals surface area contributed by atoms with E-state index in [-0.39, 0.29) is 37.0 Å². The fourth-order valence-electron chi connectivity index (χ4n) is 5.03. The summed E-state index contributed by atoms with van der Waals surface area (Å²) in [5.74, 6) is -3.89. The van der Waals surface area contributed by atoms with E-state index in [9.17, 15) is 34.2 Å². The van der Waals surface area contributed by atoms with Crippen molar-refractivity contribution in [2.75, 3.05) is 6.61 Å². The van der Waals surface area contributed by atoms with E-state index < -0.39 is 66.4 Å². The van der Waals surface area contributed by atoms with Crippen LogP contribution in [0.5, 0.6) is 0 Å². The van der Waals surface area contributed by atoms with Crippen LogP contribution in [0.25, 0.3) is 10.9 Å². The molecule has 45 heavy (non-hydrogen) atoms. The van der Waals surface area contributed by atoms with Crippen molar-refractivity contribution in [3.05, 3.63) is 36.0 Å². The Bertz CT molecular complexity index is 1310. The molecular formula is C32H50N6O7. The number of para-hydroxylation sites is 1. The van der Waals surface area contributed by atoms with E-state index in [1.807, 2.05) is 65.8 Å². The first-order valence-corrected chi connectivity index (χ1v) is 15.5. The number of aliphatic carboxylic acids is 1. The van der Waals surface area contributed by atoms with Gasteiger partial charge in [0.15, 0.2) is 0 Å². The molecule has 9 N–H and O–H groups in total. The minimum Gasteiger partial charge on any atom is -0.480 e. The summed E-state index contributed by atoms with van der Waals surface area (Å²) in [6, 6.07) is 1.75. The van der Waals surface area contributed by atoms with Gasteiger partial charge in [-0.15, -0.1) is 0 Å². The lowest BCUT2D eigenvalue weighted by Gasteiger charge is -2.26. The second-order valence-electron chi connectivity index (χ2n) is 12.8. The van der Waals surface area contributed by atoms with Gasteiger partial charge in [0.1, 0.15) is 24.2 Å². The highest BCUT2D eigenvalue weighted by Crippen LogP contribution is 2.19. The number of aliphatic hydroxyl groups is 1. The molecule has 0 saturated heterocycles. The molecular weight excluding hydrogens is 580 g/mol. The highest BCUT2D eigenvalue weighted by molar-refractivity contribution is 5.96. The van der Waals surface area contributed by atoms with Gasteiger partial charge < -0.3 is 42.2 Å². The number of aliphatic hydroxyl groups excluding tert-OH is 1. The lowest BCUT2D eigenvalue weighted by atomic mass is 10.00. The van der Waals surface area contributed by atoms with Crippen LogP contribution >= 0.6 is 0 Å². The largest absolute Gasteiger partial charge is 0.480 e. The first-order chi connectivity index (χ1) is 21.1. The van der Waals surface area contributed by atoms with Gasteiger partial charge in [-0.05, 0) is 48.6 Å². The summed E-state index contributed by atoms with van der Waals surface area (Å²) in [6.45, 7) is 10.4. The maximum absolute atomic E-state index is 13.6. The van der Waals surface area contributed by atoms with Crippen LogP contribution in [0.15, 0.2) is 30.5 Å². The van der Waals surface area contributed by atoms with Crippen LogP contribution in [0.3, 0.4) is 0 Å². The van der Waals surface area contributed by atoms with E-state index in [0.717, 1.165) is 16.5 Å². The summed E-state index contributed by atoms with van der Waals surface area (Å²) in [5, 5.41) is 30.8. The maximum atomic E-state index is 13.6. The molecule has 1 aromatic carbocycles. The smallest absolute Gasteiger partial charge is 0.326 e. The van der Waals surface area contributed by atoms with Crippen LogP contribution in [0.2, 0.25) is 0 Å². The lowest BCUT2D eigenvalue weighted by Crippen LogP contribution is -2.59. The van der Waals surface area contributed by atoms with Crippen LogP contribution in [0, 0.1) is 17.8 Å². The highest BCUT2D eigenvalue weighted by atomic mass is 16.4. The number of amides is 4. The zero-order chi connectivity index (χ0) is 33.8. The number of aromatic amines is 1. The summed E-state index contributed by atoms with van der Waals surface area (Å²) >= 11 is 0. The van der Waals surface area contributed by atoms with Gasteiger partial charge in [0.2, 0.25) is 23.6 Å². The summed E-state index contributed by atoms with van der Waals surface area (Å²) in [7, 11) is 0. The minimum absolute atomic E-state index is 0.00358. The molecule has 13 heteroatoms. The molecule has 0 aliphatic rings. The highest BCUT2D eigenvalue weighted by Gasteiger charge is 2.32. The molecule has 0 saturated carbocycles. The van der Waals surface area contributed by atoms with E-state index in [4.69, 9.17) is 5.73 Å². The molecule has 0 spiro atoms. The standard InChI is InChI=1S/C32H50N6O7/c1-17(2)11-22(33)28(40)35-25(14-20-15-34-23-10-8-7-9-21(20)23)30(42)38-27(16-39)31(43)36-24(12-18(3)4)29(41)37-26(32(44)45)13-19(5)6/h7-10,15,17-19,22,24-27,34,39H,11-14,16,33H2,1-6H3,(H,35,40)(H,36,43)(H,37,41)(H,38,42)(H,44,45)/t22-,24-,25-,26-,27-/m0/s1. The predicted molar refractivity (Wildman–Crippen MR) is 171 cm³/mol. The Kier molecular flexibility index (Phi) is 14.5. The summed E-state index contributed by atoms with van der Waals surface area (Å²) in [6.07, 6.45) is 2.59. The number of carboxylic acids is 1. The predicted octanol–water partition coefficient (Wildman–Crippen LogP) is 1.19. The van der Waals surface area contributed by atoms with Crippen molar-refractivity contribution < 1.29 is 34.2 Å². The molecule has 250 valence electrons. The lowest BCUT2D eigenvalue weighted by molar-refractivity contribution is -0.143. The molecule has 0 fully saturated rings. The third kappa shape index (κ3) is 11.8. The number of aromatic nitrogens is 1. The molecule has 2 aromatic rings. The quantitative estimate of drug-likeness (QED) is 0.119. The number of carbonyl (C=O) groups excluding carboxylic acids is 4. The molecule has 4 amide bonds. The van der Waals surface area contributed by atoms with Crippen molar-refractivity contribution in [3.8, 4) is 0 Å². The van der Waals surface area contributed by atoms with Crippen molar-refractivity contribution in [1.29, 1.82) is 0 Å². The summed E-state index contributed by atoms with van der Waals surface area (Å²) in [5.41, 5.74) is 7.67. The van der Waals surface area contributed by atoms with Gasteiger partial charge in [0.25, 0.3) is 0 Å². The van der Waals surface area contributed by atoms with E-state index in [2.05, 4.69) is 26.3 Å². The van der Waals surface area contributed by atoms with E-state index in [0.29, 0.717) is 6.42 Å².